The highest BCUT2D eigenvalue weighted by Gasteiger charge is 2.37. The number of rotatable bonds is 10. The smallest absolute Gasteiger partial charge is 0.154 e. The van der Waals surface area contributed by atoms with Gasteiger partial charge in [0, 0.05) is 6.04 Å². The van der Waals surface area contributed by atoms with Crippen LogP contribution in [-0.4, -0.2) is 32.0 Å². The molecule has 0 aliphatic heterocycles. The molecule has 4 heteroatoms. The van der Waals surface area contributed by atoms with Crippen molar-refractivity contribution in [2.45, 2.75) is 89.9 Å². The van der Waals surface area contributed by atoms with Gasteiger partial charge in [-0.2, -0.15) is 0 Å². The average Bonchev–Trinajstić information content (AvgIpc) is 2.46. The van der Waals surface area contributed by atoms with Gasteiger partial charge in [0.1, 0.15) is 0 Å². The number of unbranched alkanes of at least 4 members (excludes halogenated alkanes) is 2. The second kappa shape index (κ2) is 9.83. The van der Waals surface area contributed by atoms with Crippen LogP contribution in [0, 0.1) is 5.92 Å². The molecule has 0 bridgehead atoms. The molecule has 0 radical (unpaired) electrons. The van der Waals surface area contributed by atoms with Gasteiger partial charge in [-0.1, -0.05) is 46.5 Å². The van der Waals surface area contributed by atoms with Gasteiger partial charge < -0.3 is 5.32 Å². The minimum absolute atomic E-state index is 0.147. The van der Waals surface area contributed by atoms with Crippen molar-refractivity contribution in [3.05, 3.63) is 0 Å². The van der Waals surface area contributed by atoms with Crippen molar-refractivity contribution < 1.29 is 8.42 Å². The van der Waals surface area contributed by atoms with Crippen LogP contribution in [0.25, 0.3) is 0 Å². The summed E-state index contributed by atoms with van der Waals surface area (Å²) >= 11 is 0. The third-order valence-corrected chi connectivity index (χ3v) is 7.05. The zero-order chi connectivity index (χ0) is 15.7. The molecule has 0 aromatic carbocycles. The maximum Gasteiger partial charge on any atom is 0.154 e. The van der Waals surface area contributed by atoms with Crippen molar-refractivity contribution in [3.63, 3.8) is 0 Å². The topological polar surface area (TPSA) is 46.2 Å². The maximum absolute atomic E-state index is 12.7. The van der Waals surface area contributed by atoms with E-state index in [2.05, 4.69) is 26.1 Å². The van der Waals surface area contributed by atoms with Gasteiger partial charge in [0.2, 0.25) is 0 Å². The fourth-order valence-electron chi connectivity index (χ4n) is 3.55. The van der Waals surface area contributed by atoms with Gasteiger partial charge in [0.15, 0.2) is 9.84 Å². The number of nitrogens with one attached hydrogen (secondary N) is 1. The first kappa shape index (κ1) is 19.0. The van der Waals surface area contributed by atoms with Crippen LogP contribution in [0.4, 0.5) is 0 Å². The Morgan fingerprint density at radius 3 is 2.38 bits per heavy atom. The quantitative estimate of drug-likeness (QED) is 0.621. The summed E-state index contributed by atoms with van der Waals surface area (Å²) in [5, 5.41) is 3.35. The molecule has 1 aliphatic rings. The monoisotopic (exact) mass is 317 g/mol. The molecule has 3 nitrogen and oxygen atoms in total. The third-order valence-electron chi connectivity index (χ3n) is 4.75. The van der Waals surface area contributed by atoms with Crippen molar-refractivity contribution in [3.8, 4) is 0 Å². The highest BCUT2D eigenvalue weighted by Crippen LogP contribution is 2.32. The van der Waals surface area contributed by atoms with Crippen LogP contribution in [0.5, 0.6) is 0 Å². The second-order valence-corrected chi connectivity index (χ2v) is 8.98. The normalized spacial score (nSPS) is 26.9. The van der Waals surface area contributed by atoms with Crippen LogP contribution in [0.2, 0.25) is 0 Å². The van der Waals surface area contributed by atoms with Gasteiger partial charge in [-0.3, -0.25) is 0 Å². The molecule has 0 amide bonds. The van der Waals surface area contributed by atoms with Crippen LogP contribution in [0.3, 0.4) is 0 Å². The molecule has 0 aromatic heterocycles. The van der Waals surface area contributed by atoms with Gasteiger partial charge in [0.25, 0.3) is 0 Å². The first-order chi connectivity index (χ1) is 10.0. The standard InChI is InChI=1S/C17H35NO2S/c1-4-7-8-13-21(19,20)17-14-15(9-5-2)10-11-16(17)18-12-6-3/h15-18H,4-14H2,1-3H3. The van der Waals surface area contributed by atoms with Crippen LogP contribution in [0.15, 0.2) is 0 Å². The number of hydrogen-bond acceptors (Lipinski definition) is 3. The molecule has 1 aliphatic carbocycles. The minimum atomic E-state index is -2.95. The van der Waals surface area contributed by atoms with Gasteiger partial charge >= 0.3 is 0 Å². The van der Waals surface area contributed by atoms with Gasteiger partial charge in [-0.25, -0.2) is 8.42 Å². The SMILES string of the molecule is CCCCCS(=O)(=O)C1CC(CCC)CCC1NCCC. The van der Waals surface area contributed by atoms with Crippen molar-refractivity contribution in [2.24, 2.45) is 5.92 Å². The lowest BCUT2D eigenvalue weighted by atomic mass is 9.83. The zero-order valence-electron chi connectivity index (χ0n) is 14.2. The Morgan fingerprint density at radius 1 is 1.00 bits per heavy atom. The first-order valence-corrected chi connectivity index (χ1v) is 10.7. The molecule has 0 aromatic rings. The summed E-state index contributed by atoms with van der Waals surface area (Å²) in [6.07, 6.45) is 9.45. The second-order valence-electron chi connectivity index (χ2n) is 6.64. The molecule has 0 spiro atoms. The molecule has 3 unspecified atom stereocenters. The highest BCUT2D eigenvalue weighted by molar-refractivity contribution is 7.92. The Hall–Kier alpha value is -0.0900. The summed E-state index contributed by atoms with van der Waals surface area (Å²) in [5.41, 5.74) is 0. The highest BCUT2D eigenvalue weighted by atomic mass is 32.2. The number of hydrogen-bond donors (Lipinski definition) is 1. The fourth-order valence-corrected chi connectivity index (χ4v) is 5.75. The molecule has 21 heavy (non-hydrogen) atoms. The lowest BCUT2D eigenvalue weighted by Crippen LogP contribution is -2.49. The average molecular weight is 318 g/mol. The summed E-state index contributed by atoms with van der Waals surface area (Å²) < 4.78 is 25.5. The van der Waals surface area contributed by atoms with Crippen molar-refractivity contribution >= 4 is 9.84 Å². The Labute approximate surface area is 132 Å². The Bertz CT molecular complexity index is 367. The molecule has 0 saturated heterocycles. The molecular weight excluding hydrogens is 282 g/mol. The molecule has 0 heterocycles. The van der Waals surface area contributed by atoms with Crippen LogP contribution in [-0.2, 0) is 9.84 Å². The number of sulfone groups is 1. The van der Waals surface area contributed by atoms with Crippen molar-refractivity contribution in [1.29, 1.82) is 0 Å². The van der Waals surface area contributed by atoms with E-state index in [0.29, 0.717) is 11.7 Å². The molecule has 1 fully saturated rings. The Kier molecular flexibility index (Phi) is 8.88. The summed E-state index contributed by atoms with van der Waals surface area (Å²) in [7, 11) is -2.95. The van der Waals surface area contributed by atoms with E-state index in [4.69, 9.17) is 0 Å². The van der Waals surface area contributed by atoms with E-state index in [1.165, 1.54) is 19.3 Å². The largest absolute Gasteiger partial charge is 0.313 e. The first-order valence-electron chi connectivity index (χ1n) is 9.00. The summed E-state index contributed by atoms with van der Waals surface area (Å²) in [6, 6.07) is 0.185. The zero-order valence-corrected chi connectivity index (χ0v) is 15.1. The van der Waals surface area contributed by atoms with E-state index >= 15 is 0 Å². The molecule has 1 N–H and O–H groups in total. The Balaban J connectivity index is 2.71. The van der Waals surface area contributed by atoms with E-state index < -0.39 is 9.84 Å². The molecular formula is C17H35NO2S. The van der Waals surface area contributed by atoms with Crippen LogP contribution in [0.1, 0.15) is 78.6 Å². The lowest BCUT2D eigenvalue weighted by Gasteiger charge is -2.36. The molecule has 126 valence electrons. The third kappa shape index (κ3) is 6.27. The lowest BCUT2D eigenvalue weighted by molar-refractivity contribution is 0.280. The van der Waals surface area contributed by atoms with E-state index in [0.717, 1.165) is 45.1 Å². The summed E-state index contributed by atoms with van der Waals surface area (Å²) in [5.74, 6) is 0.995. The van der Waals surface area contributed by atoms with Crippen molar-refractivity contribution in [1.82, 2.24) is 5.32 Å². The van der Waals surface area contributed by atoms with E-state index in [1.807, 2.05) is 0 Å². The maximum atomic E-state index is 12.7. The van der Waals surface area contributed by atoms with E-state index in [1.54, 1.807) is 0 Å². The van der Waals surface area contributed by atoms with Gasteiger partial charge in [-0.15, -0.1) is 0 Å². The van der Waals surface area contributed by atoms with Crippen LogP contribution < -0.4 is 5.32 Å². The summed E-state index contributed by atoms with van der Waals surface area (Å²) in [4.78, 5) is 0. The predicted molar refractivity (Wildman–Crippen MR) is 91.4 cm³/mol. The molecule has 1 saturated carbocycles. The molecule has 3 atom stereocenters. The Morgan fingerprint density at radius 2 is 1.76 bits per heavy atom. The molecule has 1 rings (SSSR count). The van der Waals surface area contributed by atoms with Gasteiger partial charge in [0.05, 0.1) is 11.0 Å². The summed E-state index contributed by atoms with van der Waals surface area (Å²) in [6.45, 7) is 7.40. The van der Waals surface area contributed by atoms with Crippen molar-refractivity contribution in [2.75, 3.05) is 12.3 Å². The van der Waals surface area contributed by atoms with Gasteiger partial charge in [-0.05, 0) is 44.6 Å². The fraction of sp³-hybridized carbons (Fsp3) is 1.00. The van der Waals surface area contributed by atoms with E-state index in [-0.39, 0.29) is 11.3 Å². The minimum Gasteiger partial charge on any atom is -0.313 e. The van der Waals surface area contributed by atoms with Crippen LogP contribution >= 0.6 is 0 Å². The predicted octanol–water partition coefficient (Wildman–Crippen LogP) is 3.93. The van der Waals surface area contributed by atoms with E-state index in [9.17, 15) is 8.42 Å².